The normalized spacial score (nSPS) is 16.2. The van der Waals surface area contributed by atoms with Crippen molar-refractivity contribution in [3.05, 3.63) is 64.7 Å². The number of rotatable bonds is 6. The molecule has 156 valence electrons. The van der Waals surface area contributed by atoms with Crippen LogP contribution < -0.4 is 9.62 Å². The van der Waals surface area contributed by atoms with Gasteiger partial charge in [0.2, 0.25) is 10.0 Å². The first kappa shape index (κ1) is 21.6. The van der Waals surface area contributed by atoms with Gasteiger partial charge in [-0.2, -0.15) is 0 Å². The topological polar surface area (TPSA) is 75.7 Å². The molecule has 6 nitrogen and oxygen atoms in total. The molecule has 0 bridgehead atoms. The molecule has 0 spiro atoms. The second-order valence-electron chi connectivity index (χ2n) is 7.34. The second-order valence-corrected chi connectivity index (χ2v) is 9.76. The lowest BCUT2D eigenvalue weighted by atomic mass is 9.74. The molecule has 2 aromatic rings. The van der Waals surface area contributed by atoms with E-state index in [1.807, 2.05) is 18.2 Å². The molecule has 0 aliphatic carbocycles. The Morgan fingerprint density at radius 3 is 2.41 bits per heavy atom. The molecule has 1 heterocycles. The molecule has 1 fully saturated rings. The van der Waals surface area contributed by atoms with Crippen molar-refractivity contribution in [2.24, 2.45) is 0 Å². The Hall–Kier alpha value is -2.09. The highest BCUT2D eigenvalue weighted by Gasteiger charge is 2.35. The molecule has 1 aliphatic rings. The van der Waals surface area contributed by atoms with E-state index in [1.54, 1.807) is 12.1 Å². The highest BCUT2D eigenvalue weighted by atomic mass is 35.5. The van der Waals surface area contributed by atoms with Crippen LogP contribution >= 0.6 is 11.6 Å². The van der Waals surface area contributed by atoms with E-state index in [4.69, 9.17) is 16.3 Å². The van der Waals surface area contributed by atoms with Gasteiger partial charge in [0.25, 0.3) is 5.91 Å². The van der Waals surface area contributed by atoms with Crippen LogP contribution in [-0.2, 0) is 20.2 Å². The van der Waals surface area contributed by atoms with Gasteiger partial charge < -0.3 is 10.1 Å². The zero-order valence-corrected chi connectivity index (χ0v) is 18.1. The van der Waals surface area contributed by atoms with Gasteiger partial charge in [-0.25, -0.2) is 8.42 Å². The molecular weight excluding hydrogens is 412 g/mol. The predicted octanol–water partition coefficient (Wildman–Crippen LogP) is 3.21. The van der Waals surface area contributed by atoms with E-state index in [0.717, 1.165) is 23.4 Å². The van der Waals surface area contributed by atoms with Gasteiger partial charge in [-0.15, -0.1) is 0 Å². The Morgan fingerprint density at radius 2 is 1.83 bits per heavy atom. The van der Waals surface area contributed by atoms with Crippen molar-refractivity contribution in [3.63, 3.8) is 0 Å². The number of anilines is 1. The molecule has 2 aromatic carbocycles. The minimum absolute atomic E-state index is 0.182. The molecule has 1 N–H and O–H groups in total. The van der Waals surface area contributed by atoms with Crippen LogP contribution in [0.15, 0.2) is 48.5 Å². The van der Waals surface area contributed by atoms with Crippen molar-refractivity contribution >= 4 is 33.2 Å². The zero-order valence-electron chi connectivity index (χ0n) is 16.5. The van der Waals surface area contributed by atoms with E-state index < -0.39 is 10.0 Å². The Balaban J connectivity index is 1.77. The molecule has 29 heavy (non-hydrogen) atoms. The van der Waals surface area contributed by atoms with Crippen LogP contribution in [0.5, 0.6) is 0 Å². The van der Waals surface area contributed by atoms with Gasteiger partial charge in [-0.05, 0) is 36.6 Å². The van der Waals surface area contributed by atoms with Crippen LogP contribution in [0.4, 0.5) is 5.69 Å². The van der Waals surface area contributed by atoms with E-state index in [0.29, 0.717) is 31.0 Å². The lowest BCUT2D eigenvalue weighted by Gasteiger charge is -2.38. The van der Waals surface area contributed by atoms with E-state index >= 15 is 0 Å². The largest absolute Gasteiger partial charge is 0.381 e. The molecule has 0 atom stereocenters. The van der Waals surface area contributed by atoms with Crippen molar-refractivity contribution in [3.8, 4) is 0 Å². The molecule has 0 unspecified atom stereocenters. The standard InChI is InChI=1S/C21H25ClN2O4S/c1-24(29(2,26)27)17-8-9-18(19(22)14-17)20(25)23-15-21(10-12-28-13-11-21)16-6-4-3-5-7-16/h3-9,14H,10-13,15H2,1-2H3,(H,23,25). The van der Waals surface area contributed by atoms with Crippen molar-refractivity contribution in [1.29, 1.82) is 0 Å². The molecule has 0 aromatic heterocycles. The van der Waals surface area contributed by atoms with Crippen molar-refractivity contribution in [2.45, 2.75) is 18.3 Å². The van der Waals surface area contributed by atoms with Gasteiger partial charge in [-0.3, -0.25) is 9.10 Å². The Kier molecular flexibility index (Phi) is 6.51. The first-order valence-corrected chi connectivity index (χ1v) is 11.6. The maximum Gasteiger partial charge on any atom is 0.252 e. The molecule has 3 rings (SSSR count). The van der Waals surface area contributed by atoms with Crippen LogP contribution in [-0.4, -0.2) is 47.4 Å². The number of benzene rings is 2. The summed E-state index contributed by atoms with van der Waals surface area (Å²) in [5.41, 5.74) is 1.71. The zero-order chi connectivity index (χ0) is 21.1. The van der Waals surface area contributed by atoms with Gasteiger partial charge in [-0.1, -0.05) is 41.9 Å². The first-order valence-electron chi connectivity index (χ1n) is 9.38. The predicted molar refractivity (Wildman–Crippen MR) is 115 cm³/mol. The van der Waals surface area contributed by atoms with Gasteiger partial charge in [0.1, 0.15) is 0 Å². The number of halogens is 1. The van der Waals surface area contributed by atoms with E-state index in [1.165, 1.54) is 18.7 Å². The van der Waals surface area contributed by atoms with Gasteiger partial charge >= 0.3 is 0 Å². The quantitative estimate of drug-likeness (QED) is 0.754. The molecule has 8 heteroatoms. The molecule has 0 radical (unpaired) electrons. The van der Waals surface area contributed by atoms with Crippen LogP contribution in [0.3, 0.4) is 0 Å². The van der Waals surface area contributed by atoms with Crippen molar-refractivity contribution in [2.75, 3.05) is 37.4 Å². The SMILES string of the molecule is CN(c1ccc(C(=O)NCC2(c3ccccc3)CCOCC2)c(Cl)c1)S(C)(=O)=O. The molecule has 1 amide bonds. The summed E-state index contributed by atoms with van der Waals surface area (Å²) in [6.07, 6.45) is 2.75. The summed E-state index contributed by atoms with van der Waals surface area (Å²) in [4.78, 5) is 12.8. The molecular formula is C21H25ClN2O4S. The number of amides is 1. The summed E-state index contributed by atoms with van der Waals surface area (Å²) in [6, 6.07) is 14.8. The number of hydrogen-bond acceptors (Lipinski definition) is 4. The van der Waals surface area contributed by atoms with Crippen LogP contribution in [0.1, 0.15) is 28.8 Å². The fourth-order valence-corrected chi connectivity index (χ4v) is 4.30. The monoisotopic (exact) mass is 436 g/mol. The third-order valence-corrected chi connectivity index (χ3v) is 7.00. The fraction of sp³-hybridized carbons (Fsp3) is 0.381. The van der Waals surface area contributed by atoms with Crippen LogP contribution in [0.2, 0.25) is 5.02 Å². The summed E-state index contributed by atoms with van der Waals surface area (Å²) in [5.74, 6) is -0.287. The average Bonchev–Trinajstić information content (AvgIpc) is 2.72. The smallest absolute Gasteiger partial charge is 0.252 e. The minimum atomic E-state index is -3.41. The number of hydrogen-bond donors (Lipinski definition) is 1. The van der Waals surface area contributed by atoms with Crippen LogP contribution in [0, 0.1) is 0 Å². The van der Waals surface area contributed by atoms with E-state index in [9.17, 15) is 13.2 Å². The van der Waals surface area contributed by atoms with E-state index in [2.05, 4.69) is 17.4 Å². The third-order valence-electron chi connectivity index (χ3n) is 5.48. The summed E-state index contributed by atoms with van der Waals surface area (Å²) in [6.45, 7) is 1.77. The highest BCUT2D eigenvalue weighted by Crippen LogP contribution is 2.34. The molecule has 0 saturated carbocycles. The number of nitrogens with zero attached hydrogens (tertiary/aromatic N) is 1. The maximum atomic E-state index is 12.8. The van der Waals surface area contributed by atoms with Crippen molar-refractivity contribution < 1.29 is 17.9 Å². The lowest BCUT2D eigenvalue weighted by molar-refractivity contribution is 0.0487. The van der Waals surface area contributed by atoms with Crippen molar-refractivity contribution in [1.82, 2.24) is 5.32 Å². The van der Waals surface area contributed by atoms with Gasteiger partial charge in [0.15, 0.2) is 0 Å². The Labute approximate surface area is 176 Å². The third kappa shape index (κ3) is 4.91. The number of carbonyl (C=O) groups excluding carboxylic acids is 1. The van der Waals surface area contributed by atoms with Gasteiger partial charge in [0.05, 0.1) is 22.5 Å². The molecule has 1 aliphatic heterocycles. The number of carbonyl (C=O) groups is 1. The minimum Gasteiger partial charge on any atom is -0.381 e. The Morgan fingerprint density at radius 1 is 1.17 bits per heavy atom. The summed E-state index contributed by atoms with van der Waals surface area (Å²) in [7, 11) is -1.97. The Bertz CT molecular complexity index is 973. The summed E-state index contributed by atoms with van der Waals surface area (Å²) >= 11 is 6.29. The average molecular weight is 437 g/mol. The summed E-state index contributed by atoms with van der Waals surface area (Å²) < 4.78 is 30.1. The number of nitrogens with one attached hydrogen (secondary N) is 1. The lowest BCUT2D eigenvalue weighted by Crippen LogP contribution is -2.44. The number of ether oxygens (including phenoxy) is 1. The summed E-state index contributed by atoms with van der Waals surface area (Å²) in [5, 5.41) is 3.22. The maximum absolute atomic E-state index is 12.8. The van der Waals surface area contributed by atoms with E-state index in [-0.39, 0.29) is 16.3 Å². The van der Waals surface area contributed by atoms with Crippen LogP contribution in [0.25, 0.3) is 0 Å². The van der Waals surface area contributed by atoms with Gasteiger partial charge in [0, 0.05) is 32.2 Å². The molecule has 1 saturated heterocycles. The number of sulfonamides is 1. The second kappa shape index (κ2) is 8.73. The fourth-order valence-electron chi connectivity index (χ4n) is 3.54. The first-order chi connectivity index (χ1) is 13.7. The highest BCUT2D eigenvalue weighted by molar-refractivity contribution is 7.92.